The molecule has 0 atom stereocenters. The van der Waals surface area contributed by atoms with Gasteiger partial charge in [-0.15, -0.1) is 0 Å². The zero-order chi connectivity index (χ0) is 16.7. The van der Waals surface area contributed by atoms with Crippen molar-refractivity contribution in [3.63, 3.8) is 0 Å². The van der Waals surface area contributed by atoms with E-state index in [4.69, 9.17) is 0 Å². The van der Waals surface area contributed by atoms with E-state index >= 15 is 0 Å². The van der Waals surface area contributed by atoms with Crippen molar-refractivity contribution in [2.45, 2.75) is 25.3 Å². The Morgan fingerprint density at radius 1 is 1.33 bits per heavy atom. The Bertz CT molecular complexity index is 984. The molecular weight excluding hydrogens is 306 g/mol. The first-order valence-electron chi connectivity index (χ1n) is 7.91. The number of para-hydroxylation sites is 1. The van der Waals surface area contributed by atoms with Crippen LogP contribution in [0.1, 0.15) is 40.5 Å². The van der Waals surface area contributed by atoms with Crippen molar-refractivity contribution in [3.05, 3.63) is 57.6 Å². The van der Waals surface area contributed by atoms with E-state index in [1.165, 1.54) is 0 Å². The first-order valence-corrected chi connectivity index (χ1v) is 7.91. The van der Waals surface area contributed by atoms with Gasteiger partial charge in [-0.25, -0.2) is 0 Å². The molecule has 7 heteroatoms. The van der Waals surface area contributed by atoms with Gasteiger partial charge in [0.05, 0.1) is 11.2 Å². The van der Waals surface area contributed by atoms with Crippen LogP contribution in [0.2, 0.25) is 0 Å². The lowest BCUT2D eigenvalue weighted by Gasteiger charge is -2.09. The van der Waals surface area contributed by atoms with Gasteiger partial charge in [0.1, 0.15) is 0 Å². The summed E-state index contributed by atoms with van der Waals surface area (Å²) in [5, 5.41) is 14.3. The highest BCUT2D eigenvalue weighted by Crippen LogP contribution is 2.39. The molecule has 0 saturated heterocycles. The third kappa shape index (κ3) is 2.47. The molecule has 0 spiro atoms. The van der Waals surface area contributed by atoms with E-state index in [9.17, 15) is 9.59 Å². The van der Waals surface area contributed by atoms with Crippen molar-refractivity contribution in [1.29, 1.82) is 0 Å². The molecule has 0 radical (unpaired) electrons. The van der Waals surface area contributed by atoms with Crippen molar-refractivity contribution >= 4 is 16.8 Å². The molecule has 1 aromatic carbocycles. The van der Waals surface area contributed by atoms with E-state index < -0.39 is 0 Å². The molecule has 2 N–H and O–H groups in total. The number of aryl methyl sites for hydroxylation is 1. The number of aromatic amines is 1. The SMILES string of the molecule is Cn1c(=O)c(CNC(=O)c2n[nH]nc2C2CC2)cc2ccccc21. The Morgan fingerprint density at radius 2 is 2.12 bits per heavy atom. The standard InChI is InChI=1S/C17H17N5O2/c1-22-13-5-3-2-4-11(13)8-12(17(22)24)9-18-16(23)15-14(10-6-7-10)19-21-20-15/h2-5,8,10H,6-7,9H2,1H3,(H,18,23)(H,19,20,21). The molecule has 4 rings (SSSR count). The number of benzene rings is 1. The third-order valence-corrected chi connectivity index (χ3v) is 4.40. The highest BCUT2D eigenvalue weighted by molar-refractivity contribution is 5.93. The summed E-state index contributed by atoms with van der Waals surface area (Å²) in [6.07, 6.45) is 2.08. The maximum atomic E-state index is 12.4. The van der Waals surface area contributed by atoms with Gasteiger partial charge < -0.3 is 9.88 Å². The first-order chi connectivity index (χ1) is 11.6. The minimum absolute atomic E-state index is 0.114. The van der Waals surface area contributed by atoms with Gasteiger partial charge in [-0.3, -0.25) is 9.59 Å². The normalized spacial score (nSPS) is 14.0. The van der Waals surface area contributed by atoms with Crippen molar-refractivity contribution in [2.75, 3.05) is 0 Å². The average Bonchev–Trinajstić information content (AvgIpc) is 3.33. The van der Waals surface area contributed by atoms with Gasteiger partial charge in [0.25, 0.3) is 11.5 Å². The number of H-pyrrole nitrogens is 1. The smallest absolute Gasteiger partial charge is 0.274 e. The van der Waals surface area contributed by atoms with E-state index in [1.807, 2.05) is 30.3 Å². The summed E-state index contributed by atoms with van der Waals surface area (Å²) in [6.45, 7) is 0.160. The number of carbonyl (C=O) groups excluding carboxylic acids is 1. The van der Waals surface area contributed by atoms with Crippen molar-refractivity contribution < 1.29 is 4.79 Å². The van der Waals surface area contributed by atoms with E-state index in [0.717, 1.165) is 29.4 Å². The minimum atomic E-state index is -0.305. The Balaban J connectivity index is 1.58. The van der Waals surface area contributed by atoms with Gasteiger partial charge in [-0.1, -0.05) is 18.2 Å². The quantitative estimate of drug-likeness (QED) is 0.760. The number of nitrogens with one attached hydrogen (secondary N) is 2. The number of rotatable bonds is 4. The largest absolute Gasteiger partial charge is 0.346 e. The van der Waals surface area contributed by atoms with Crippen LogP contribution < -0.4 is 10.9 Å². The van der Waals surface area contributed by atoms with Gasteiger partial charge >= 0.3 is 0 Å². The monoisotopic (exact) mass is 323 g/mol. The van der Waals surface area contributed by atoms with Gasteiger partial charge in [0.15, 0.2) is 5.69 Å². The van der Waals surface area contributed by atoms with Crippen molar-refractivity contribution in [2.24, 2.45) is 7.05 Å². The molecule has 2 heterocycles. The molecule has 1 amide bonds. The summed E-state index contributed by atoms with van der Waals surface area (Å²) in [7, 11) is 1.73. The number of carbonyl (C=O) groups is 1. The summed E-state index contributed by atoms with van der Waals surface area (Å²) >= 11 is 0. The Hall–Kier alpha value is -2.96. The molecular formula is C17H17N5O2. The predicted molar refractivity (Wildman–Crippen MR) is 88.7 cm³/mol. The van der Waals surface area contributed by atoms with Crippen LogP contribution in [0.5, 0.6) is 0 Å². The number of aromatic nitrogens is 4. The average molecular weight is 323 g/mol. The summed E-state index contributed by atoms with van der Waals surface area (Å²) in [5.41, 5.74) is 2.34. The Morgan fingerprint density at radius 3 is 2.92 bits per heavy atom. The maximum Gasteiger partial charge on any atom is 0.274 e. The van der Waals surface area contributed by atoms with Gasteiger partial charge in [0.2, 0.25) is 0 Å². The Labute approximate surface area is 137 Å². The number of nitrogens with zero attached hydrogens (tertiary/aromatic N) is 3. The van der Waals surface area contributed by atoms with Crippen LogP contribution in [0, 0.1) is 0 Å². The topological polar surface area (TPSA) is 92.7 Å². The zero-order valence-corrected chi connectivity index (χ0v) is 13.2. The number of hydrogen-bond acceptors (Lipinski definition) is 4. The Kier molecular flexibility index (Phi) is 3.41. The molecule has 0 aliphatic heterocycles. The second-order valence-electron chi connectivity index (χ2n) is 6.11. The summed E-state index contributed by atoms with van der Waals surface area (Å²) in [6, 6.07) is 9.49. The fourth-order valence-electron chi connectivity index (χ4n) is 2.92. The molecule has 24 heavy (non-hydrogen) atoms. The van der Waals surface area contributed by atoms with Crippen LogP contribution in [-0.4, -0.2) is 25.9 Å². The molecule has 122 valence electrons. The first kappa shape index (κ1) is 14.6. The maximum absolute atomic E-state index is 12.4. The fraction of sp³-hybridized carbons (Fsp3) is 0.294. The third-order valence-electron chi connectivity index (χ3n) is 4.40. The van der Waals surface area contributed by atoms with E-state index in [0.29, 0.717) is 17.2 Å². The number of fused-ring (bicyclic) bond motifs is 1. The second-order valence-corrected chi connectivity index (χ2v) is 6.11. The molecule has 1 saturated carbocycles. The van der Waals surface area contributed by atoms with Crippen molar-refractivity contribution in [1.82, 2.24) is 25.3 Å². The van der Waals surface area contributed by atoms with Crippen molar-refractivity contribution in [3.8, 4) is 0 Å². The summed E-state index contributed by atoms with van der Waals surface area (Å²) in [4.78, 5) is 24.8. The van der Waals surface area contributed by atoms with Crippen LogP contribution in [-0.2, 0) is 13.6 Å². The highest BCUT2D eigenvalue weighted by atomic mass is 16.2. The molecule has 1 aliphatic rings. The molecule has 7 nitrogen and oxygen atoms in total. The molecule has 1 aliphatic carbocycles. The fourth-order valence-corrected chi connectivity index (χ4v) is 2.92. The van der Waals surface area contributed by atoms with E-state index in [2.05, 4.69) is 20.7 Å². The lowest BCUT2D eigenvalue weighted by atomic mass is 10.1. The summed E-state index contributed by atoms with van der Waals surface area (Å²) < 4.78 is 1.60. The lowest BCUT2D eigenvalue weighted by molar-refractivity contribution is 0.0944. The van der Waals surface area contributed by atoms with Crippen LogP contribution >= 0.6 is 0 Å². The van der Waals surface area contributed by atoms with E-state index in [-0.39, 0.29) is 18.0 Å². The van der Waals surface area contributed by atoms with Gasteiger partial charge in [-0.2, -0.15) is 15.4 Å². The number of amides is 1. The predicted octanol–water partition coefficient (Wildman–Crippen LogP) is 1.46. The lowest BCUT2D eigenvalue weighted by Crippen LogP contribution is -2.30. The molecule has 2 aromatic heterocycles. The number of pyridine rings is 1. The number of hydrogen-bond donors (Lipinski definition) is 2. The van der Waals surface area contributed by atoms with Gasteiger partial charge in [0, 0.05) is 25.1 Å². The van der Waals surface area contributed by atoms with Crippen LogP contribution in [0.25, 0.3) is 10.9 Å². The molecule has 1 fully saturated rings. The van der Waals surface area contributed by atoms with Crippen LogP contribution in [0.4, 0.5) is 0 Å². The van der Waals surface area contributed by atoms with E-state index in [1.54, 1.807) is 11.6 Å². The minimum Gasteiger partial charge on any atom is -0.346 e. The summed E-state index contributed by atoms with van der Waals surface area (Å²) in [5.74, 6) is 0.0268. The van der Waals surface area contributed by atoms with Crippen LogP contribution in [0.15, 0.2) is 35.1 Å². The molecule has 0 unspecified atom stereocenters. The van der Waals surface area contributed by atoms with Crippen LogP contribution in [0.3, 0.4) is 0 Å². The second kappa shape index (κ2) is 5.59. The molecule has 3 aromatic rings. The zero-order valence-electron chi connectivity index (χ0n) is 13.2. The molecule has 0 bridgehead atoms. The highest BCUT2D eigenvalue weighted by Gasteiger charge is 2.31. The van der Waals surface area contributed by atoms with Gasteiger partial charge in [-0.05, 0) is 30.4 Å².